The van der Waals surface area contributed by atoms with Crippen LogP contribution in [0.5, 0.6) is 0 Å². The van der Waals surface area contributed by atoms with E-state index in [9.17, 15) is 9.18 Å². The lowest BCUT2D eigenvalue weighted by atomic mass is 9.89. The van der Waals surface area contributed by atoms with Crippen molar-refractivity contribution in [2.45, 2.75) is 25.3 Å². The highest BCUT2D eigenvalue weighted by atomic mass is 35.5. The molecule has 0 atom stereocenters. The van der Waals surface area contributed by atoms with Crippen molar-refractivity contribution in [2.24, 2.45) is 0 Å². The number of piperidine rings is 1. The summed E-state index contributed by atoms with van der Waals surface area (Å²) in [6, 6.07) is 10.7. The Kier molecular flexibility index (Phi) is 6.51. The number of nitrogens with zero attached hydrogens (tertiary/aromatic N) is 1. The van der Waals surface area contributed by atoms with Gasteiger partial charge in [0.1, 0.15) is 10.5 Å². The third-order valence-corrected chi connectivity index (χ3v) is 7.10. The Morgan fingerprint density at radius 1 is 1.27 bits per heavy atom. The molecule has 1 fully saturated rings. The van der Waals surface area contributed by atoms with Crippen LogP contribution in [-0.2, 0) is 6.54 Å². The number of rotatable bonds is 5. The first-order valence-electron chi connectivity index (χ1n) is 9.75. The normalized spacial score (nSPS) is 14.7. The fourth-order valence-corrected chi connectivity index (χ4v) is 4.79. The second-order valence-corrected chi connectivity index (χ2v) is 9.09. The van der Waals surface area contributed by atoms with Gasteiger partial charge >= 0.3 is 0 Å². The summed E-state index contributed by atoms with van der Waals surface area (Å²) in [5, 5.41) is 5.66. The maximum Gasteiger partial charge on any atom is 0.257 e. The summed E-state index contributed by atoms with van der Waals surface area (Å²) in [5.74, 6) is 0.0258. The molecule has 0 spiro atoms. The Morgan fingerprint density at radius 3 is 2.67 bits per heavy atom. The SMILES string of the molecule is O=C(c1c[nH]c(=S)c(Cl)c1NCc1cccs1)N1CCC(c2ccc(F)cc2)CC1. The molecule has 1 aromatic carbocycles. The summed E-state index contributed by atoms with van der Waals surface area (Å²) in [5.41, 5.74) is 2.18. The zero-order valence-electron chi connectivity index (χ0n) is 16.2. The van der Waals surface area contributed by atoms with Gasteiger partial charge in [0.05, 0.1) is 16.3 Å². The van der Waals surface area contributed by atoms with E-state index in [0.29, 0.717) is 46.5 Å². The van der Waals surface area contributed by atoms with E-state index >= 15 is 0 Å². The molecule has 1 aliphatic heterocycles. The van der Waals surface area contributed by atoms with Gasteiger partial charge in [-0.2, -0.15) is 0 Å². The smallest absolute Gasteiger partial charge is 0.257 e. The van der Waals surface area contributed by atoms with Crippen LogP contribution in [0, 0.1) is 10.5 Å². The lowest BCUT2D eigenvalue weighted by Gasteiger charge is -2.32. The third kappa shape index (κ3) is 4.58. The van der Waals surface area contributed by atoms with Crippen LogP contribution in [0.3, 0.4) is 0 Å². The van der Waals surface area contributed by atoms with E-state index < -0.39 is 0 Å². The average molecular weight is 462 g/mol. The molecule has 1 saturated heterocycles. The number of pyridine rings is 1. The Morgan fingerprint density at radius 2 is 2.00 bits per heavy atom. The molecule has 4 nitrogen and oxygen atoms in total. The van der Waals surface area contributed by atoms with Gasteiger partial charge in [0.25, 0.3) is 5.91 Å². The first kappa shape index (κ1) is 21.0. The number of nitrogens with one attached hydrogen (secondary N) is 2. The summed E-state index contributed by atoms with van der Waals surface area (Å²) < 4.78 is 13.6. The second-order valence-electron chi connectivity index (χ2n) is 7.27. The van der Waals surface area contributed by atoms with Crippen molar-refractivity contribution >= 4 is 46.8 Å². The van der Waals surface area contributed by atoms with E-state index in [4.69, 9.17) is 23.8 Å². The number of halogens is 2. The predicted molar refractivity (Wildman–Crippen MR) is 123 cm³/mol. The number of likely N-dealkylation sites (tertiary alicyclic amines) is 1. The van der Waals surface area contributed by atoms with Gasteiger partial charge in [-0.05, 0) is 47.9 Å². The van der Waals surface area contributed by atoms with Gasteiger partial charge < -0.3 is 15.2 Å². The Bertz CT molecular complexity index is 1070. The minimum absolute atomic E-state index is 0.0746. The molecule has 2 N–H and O–H groups in total. The Labute approximate surface area is 188 Å². The molecule has 30 heavy (non-hydrogen) atoms. The first-order chi connectivity index (χ1) is 14.5. The minimum Gasteiger partial charge on any atom is -0.378 e. The highest BCUT2D eigenvalue weighted by Crippen LogP contribution is 2.32. The van der Waals surface area contributed by atoms with E-state index in [1.165, 1.54) is 12.1 Å². The maximum atomic E-state index is 13.3. The van der Waals surface area contributed by atoms with Crippen molar-refractivity contribution in [2.75, 3.05) is 18.4 Å². The fourth-order valence-electron chi connectivity index (χ4n) is 3.76. The monoisotopic (exact) mass is 461 g/mol. The number of hydrogen-bond donors (Lipinski definition) is 2. The molecular formula is C22H21ClFN3OS2. The van der Waals surface area contributed by atoms with Crippen molar-refractivity contribution in [3.8, 4) is 0 Å². The van der Waals surface area contributed by atoms with Crippen molar-refractivity contribution in [3.05, 3.63) is 79.5 Å². The van der Waals surface area contributed by atoms with E-state index in [1.807, 2.05) is 34.5 Å². The summed E-state index contributed by atoms with van der Waals surface area (Å²) in [7, 11) is 0. The summed E-state index contributed by atoms with van der Waals surface area (Å²) in [6.07, 6.45) is 3.32. The number of aromatic nitrogens is 1. The molecule has 1 amide bonds. The largest absolute Gasteiger partial charge is 0.378 e. The van der Waals surface area contributed by atoms with Gasteiger partial charge in [-0.15, -0.1) is 11.3 Å². The lowest BCUT2D eigenvalue weighted by molar-refractivity contribution is 0.0713. The van der Waals surface area contributed by atoms with Crippen LogP contribution in [-0.4, -0.2) is 28.9 Å². The van der Waals surface area contributed by atoms with E-state index in [2.05, 4.69) is 10.3 Å². The summed E-state index contributed by atoms with van der Waals surface area (Å²) in [6.45, 7) is 1.85. The zero-order valence-corrected chi connectivity index (χ0v) is 18.5. The average Bonchev–Trinajstić information content (AvgIpc) is 3.29. The van der Waals surface area contributed by atoms with Crippen LogP contribution in [0.1, 0.15) is 39.6 Å². The van der Waals surface area contributed by atoms with Crippen molar-refractivity contribution in [1.29, 1.82) is 0 Å². The molecule has 0 bridgehead atoms. The standard InChI is InChI=1S/C22H21ClFN3OS2/c23-19-20(25-12-17-2-1-11-30-17)18(13-26-21(19)29)22(28)27-9-7-15(8-10-27)14-3-5-16(24)6-4-14/h1-6,11,13,15H,7-10,12H2,(H2,25,26,29). The molecule has 0 saturated carbocycles. The number of anilines is 1. The lowest BCUT2D eigenvalue weighted by Crippen LogP contribution is -2.38. The highest BCUT2D eigenvalue weighted by Gasteiger charge is 2.27. The van der Waals surface area contributed by atoms with Crippen molar-refractivity contribution in [1.82, 2.24) is 9.88 Å². The molecule has 0 aliphatic carbocycles. The van der Waals surface area contributed by atoms with Crippen LogP contribution in [0.2, 0.25) is 5.02 Å². The van der Waals surface area contributed by atoms with E-state index in [1.54, 1.807) is 17.5 Å². The van der Waals surface area contributed by atoms with Crippen LogP contribution in [0.25, 0.3) is 0 Å². The van der Waals surface area contributed by atoms with Crippen LogP contribution in [0.4, 0.5) is 10.1 Å². The van der Waals surface area contributed by atoms with Gasteiger partial charge in [-0.25, -0.2) is 4.39 Å². The van der Waals surface area contributed by atoms with Crippen molar-refractivity contribution in [3.63, 3.8) is 0 Å². The number of aromatic amines is 1. The molecule has 0 unspecified atom stereocenters. The summed E-state index contributed by atoms with van der Waals surface area (Å²) in [4.78, 5) is 19.2. The number of benzene rings is 1. The molecule has 156 valence electrons. The van der Waals surface area contributed by atoms with Crippen molar-refractivity contribution < 1.29 is 9.18 Å². The van der Waals surface area contributed by atoms with E-state index in [0.717, 1.165) is 23.3 Å². The molecule has 8 heteroatoms. The van der Waals surface area contributed by atoms with Crippen LogP contribution >= 0.6 is 35.2 Å². The molecule has 0 radical (unpaired) electrons. The number of carbonyl (C=O) groups excluding carboxylic acids is 1. The number of thiophene rings is 1. The minimum atomic E-state index is -0.229. The molecule has 2 aromatic heterocycles. The Balaban J connectivity index is 1.48. The van der Waals surface area contributed by atoms with Gasteiger partial charge in [-0.1, -0.05) is 42.0 Å². The van der Waals surface area contributed by atoms with Gasteiger partial charge in [0.2, 0.25) is 0 Å². The van der Waals surface area contributed by atoms with Crippen LogP contribution in [0.15, 0.2) is 48.0 Å². The Hall–Kier alpha value is -2.22. The van der Waals surface area contributed by atoms with Crippen LogP contribution < -0.4 is 5.32 Å². The second kappa shape index (κ2) is 9.29. The molecule has 3 aromatic rings. The third-order valence-electron chi connectivity index (χ3n) is 5.41. The maximum absolute atomic E-state index is 13.3. The number of amides is 1. The quantitative estimate of drug-likeness (QED) is 0.443. The molecule has 4 rings (SSSR count). The number of hydrogen-bond acceptors (Lipinski definition) is 4. The predicted octanol–water partition coefficient (Wildman–Crippen LogP) is 6.23. The van der Waals surface area contributed by atoms with E-state index in [-0.39, 0.29) is 11.7 Å². The summed E-state index contributed by atoms with van der Waals surface area (Å²) >= 11 is 13.3. The van der Waals surface area contributed by atoms with Gasteiger partial charge in [-0.3, -0.25) is 4.79 Å². The number of carbonyl (C=O) groups is 1. The highest BCUT2D eigenvalue weighted by molar-refractivity contribution is 7.71. The molecule has 1 aliphatic rings. The zero-order chi connectivity index (χ0) is 21.1. The number of H-pyrrole nitrogens is 1. The fraction of sp³-hybridized carbons (Fsp3) is 0.273. The van der Waals surface area contributed by atoms with Gasteiger partial charge in [0.15, 0.2) is 0 Å². The first-order valence-corrected chi connectivity index (χ1v) is 11.4. The van der Waals surface area contributed by atoms with Gasteiger partial charge in [0, 0.05) is 30.7 Å². The molecular weight excluding hydrogens is 441 g/mol. The topological polar surface area (TPSA) is 48.1 Å². The molecule has 3 heterocycles.